The third-order valence-corrected chi connectivity index (χ3v) is 3.73. The number of nitrogens with zero attached hydrogens (tertiary/aromatic N) is 1. The lowest BCUT2D eigenvalue weighted by Crippen LogP contribution is -2.24. The Morgan fingerprint density at radius 3 is 2.71 bits per heavy atom. The number of aromatic nitrogens is 1. The molecule has 21 heavy (non-hydrogen) atoms. The fraction of sp³-hybridized carbons (Fsp3) is 0.389. The number of hydrogen-bond acceptors (Lipinski definition) is 3. The third-order valence-electron chi connectivity index (χ3n) is 3.73. The minimum Gasteiger partial charge on any atom is -0.496 e. The van der Waals surface area contributed by atoms with E-state index in [-0.39, 0.29) is 6.04 Å². The quantitative estimate of drug-likeness (QED) is 0.880. The number of ether oxygens (including phenoxy) is 1. The first-order chi connectivity index (χ1) is 10.2. The van der Waals surface area contributed by atoms with Crippen molar-refractivity contribution in [3.63, 3.8) is 0 Å². The van der Waals surface area contributed by atoms with Crippen LogP contribution in [0.2, 0.25) is 0 Å². The average molecular weight is 284 g/mol. The molecule has 112 valence electrons. The number of benzene rings is 1. The van der Waals surface area contributed by atoms with E-state index in [4.69, 9.17) is 4.74 Å². The van der Waals surface area contributed by atoms with E-state index in [0.29, 0.717) is 0 Å². The average Bonchev–Trinajstić information content (AvgIpc) is 2.49. The minimum absolute atomic E-state index is 0.207. The number of rotatable bonds is 6. The molecule has 0 amide bonds. The summed E-state index contributed by atoms with van der Waals surface area (Å²) in [6.07, 6.45) is 2.72. The summed E-state index contributed by atoms with van der Waals surface area (Å²) in [6.45, 7) is 7.25. The zero-order valence-electron chi connectivity index (χ0n) is 13.3. The van der Waals surface area contributed by atoms with Gasteiger partial charge in [0.05, 0.1) is 7.11 Å². The minimum atomic E-state index is 0.207. The largest absolute Gasteiger partial charge is 0.496 e. The van der Waals surface area contributed by atoms with Crippen LogP contribution in [0.1, 0.15) is 35.3 Å². The normalized spacial score (nSPS) is 12.2. The van der Waals surface area contributed by atoms with Crippen molar-refractivity contribution in [1.29, 1.82) is 0 Å². The Kier molecular flexibility index (Phi) is 5.34. The van der Waals surface area contributed by atoms with Crippen LogP contribution in [0.3, 0.4) is 0 Å². The van der Waals surface area contributed by atoms with Gasteiger partial charge in [0, 0.05) is 29.9 Å². The number of methoxy groups -OCH3 is 1. The third kappa shape index (κ3) is 3.82. The lowest BCUT2D eigenvalue weighted by atomic mass is 9.97. The van der Waals surface area contributed by atoms with E-state index in [1.165, 1.54) is 16.7 Å². The van der Waals surface area contributed by atoms with E-state index in [0.717, 1.165) is 24.4 Å². The standard InChI is InChI=1S/C18H24N2O/c1-5-19-17(12-16-14(3)7-6-10-20-16)15-11-13(2)8-9-18(15)21-4/h6-11,17,19H,5,12H2,1-4H3. The van der Waals surface area contributed by atoms with Crippen molar-refractivity contribution in [2.75, 3.05) is 13.7 Å². The molecule has 1 unspecified atom stereocenters. The van der Waals surface area contributed by atoms with Gasteiger partial charge in [0.2, 0.25) is 0 Å². The van der Waals surface area contributed by atoms with E-state index in [9.17, 15) is 0 Å². The summed E-state index contributed by atoms with van der Waals surface area (Å²) >= 11 is 0. The second-order valence-electron chi connectivity index (χ2n) is 5.33. The Bertz CT molecular complexity index is 596. The molecule has 0 saturated carbocycles. The highest BCUT2D eigenvalue weighted by Gasteiger charge is 2.17. The monoisotopic (exact) mass is 284 g/mol. The van der Waals surface area contributed by atoms with Gasteiger partial charge in [0.15, 0.2) is 0 Å². The van der Waals surface area contributed by atoms with E-state index in [1.54, 1.807) is 7.11 Å². The van der Waals surface area contributed by atoms with Crippen LogP contribution < -0.4 is 10.1 Å². The summed E-state index contributed by atoms with van der Waals surface area (Å²) in [5.41, 5.74) is 4.80. The Hall–Kier alpha value is -1.87. The smallest absolute Gasteiger partial charge is 0.123 e. The van der Waals surface area contributed by atoms with Gasteiger partial charge in [-0.2, -0.15) is 0 Å². The van der Waals surface area contributed by atoms with Crippen LogP contribution in [0.4, 0.5) is 0 Å². The van der Waals surface area contributed by atoms with Gasteiger partial charge in [-0.1, -0.05) is 30.7 Å². The van der Waals surface area contributed by atoms with E-state index < -0.39 is 0 Å². The number of pyridine rings is 1. The molecule has 1 atom stereocenters. The fourth-order valence-corrected chi connectivity index (χ4v) is 2.59. The van der Waals surface area contributed by atoms with Crippen molar-refractivity contribution >= 4 is 0 Å². The Labute approximate surface area is 127 Å². The fourth-order valence-electron chi connectivity index (χ4n) is 2.59. The van der Waals surface area contributed by atoms with E-state index in [1.807, 2.05) is 18.3 Å². The maximum Gasteiger partial charge on any atom is 0.123 e. The van der Waals surface area contributed by atoms with Crippen molar-refractivity contribution in [3.8, 4) is 5.75 Å². The van der Waals surface area contributed by atoms with Gasteiger partial charge in [0.1, 0.15) is 5.75 Å². The van der Waals surface area contributed by atoms with Gasteiger partial charge < -0.3 is 10.1 Å². The molecule has 1 aromatic heterocycles. The highest BCUT2D eigenvalue weighted by molar-refractivity contribution is 5.40. The van der Waals surface area contributed by atoms with Gasteiger partial charge in [0.25, 0.3) is 0 Å². The van der Waals surface area contributed by atoms with Crippen LogP contribution in [0.15, 0.2) is 36.5 Å². The molecule has 2 rings (SSSR count). The second kappa shape index (κ2) is 7.23. The predicted molar refractivity (Wildman–Crippen MR) is 86.8 cm³/mol. The van der Waals surface area contributed by atoms with Crippen LogP contribution in [0.5, 0.6) is 5.75 Å². The molecular formula is C18H24N2O. The molecular weight excluding hydrogens is 260 g/mol. The van der Waals surface area contributed by atoms with Gasteiger partial charge in [-0.15, -0.1) is 0 Å². The maximum atomic E-state index is 5.54. The van der Waals surface area contributed by atoms with Gasteiger partial charge in [-0.05, 0) is 38.1 Å². The summed E-state index contributed by atoms with van der Waals surface area (Å²) in [5, 5.41) is 3.56. The first-order valence-corrected chi connectivity index (χ1v) is 7.44. The zero-order valence-corrected chi connectivity index (χ0v) is 13.3. The van der Waals surface area contributed by atoms with Gasteiger partial charge >= 0.3 is 0 Å². The highest BCUT2D eigenvalue weighted by Crippen LogP contribution is 2.29. The topological polar surface area (TPSA) is 34.2 Å². The Morgan fingerprint density at radius 1 is 1.24 bits per heavy atom. The van der Waals surface area contributed by atoms with Gasteiger partial charge in [-0.25, -0.2) is 0 Å². The first kappa shape index (κ1) is 15.5. The van der Waals surface area contributed by atoms with Crippen molar-refractivity contribution in [2.45, 2.75) is 33.2 Å². The highest BCUT2D eigenvalue weighted by atomic mass is 16.5. The SMILES string of the molecule is CCNC(Cc1ncccc1C)c1cc(C)ccc1OC. The molecule has 0 aliphatic heterocycles. The molecule has 0 radical (unpaired) electrons. The molecule has 1 aromatic carbocycles. The van der Waals surface area contributed by atoms with Crippen LogP contribution in [-0.4, -0.2) is 18.6 Å². The molecule has 0 aliphatic carbocycles. The van der Waals surface area contributed by atoms with Crippen LogP contribution in [0.25, 0.3) is 0 Å². The summed E-state index contributed by atoms with van der Waals surface area (Å²) in [7, 11) is 1.73. The molecule has 1 N–H and O–H groups in total. The van der Waals surface area contributed by atoms with Crippen LogP contribution in [0, 0.1) is 13.8 Å². The first-order valence-electron chi connectivity index (χ1n) is 7.44. The molecule has 3 nitrogen and oxygen atoms in total. The molecule has 0 bridgehead atoms. The summed E-state index contributed by atoms with van der Waals surface area (Å²) in [6, 6.07) is 10.6. The molecule has 1 heterocycles. The predicted octanol–water partition coefficient (Wildman–Crippen LogP) is 3.60. The zero-order chi connectivity index (χ0) is 15.2. The Balaban J connectivity index is 2.35. The maximum absolute atomic E-state index is 5.54. The summed E-state index contributed by atoms with van der Waals surface area (Å²) in [4.78, 5) is 4.52. The van der Waals surface area contributed by atoms with Crippen molar-refractivity contribution < 1.29 is 4.74 Å². The number of nitrogens with one attached hydrogen (secondary N) is 1. The second-order valence-corrected chi connectivity index (χ2v) is 5.33. The van der Waals surface area contributed by atoms with E-state index >= 15 is 0 Å². The molecule has 3 heteroatoms. The van der Waals surface area contributed by atoms with Crippen molar-refractivity contribution in [2.24, 2.45) is 0 Å². The number of hydrogen-bond donors (Lipinski definition) is 1. The van der Waals surface area contributed by atoms with E-state index in [2.05, 4.69) is 49.3 Å². The molecule has 2 aromatic rings. The van der Waals surface area contributed by atoms with Crippen molar-refractivity contribution in [1.82, 2.24) is 10.3 Å². The molecule has 0 fully saturated rings. The lowest BCUT2D eigenvalue weighted by molar-refractivity contribution is 0.398. The molecule has 0 saturated heterocycles. The van der Waals surface area contributed by atoms with Crippen LogP contribution >= 0.6 is 0 Å². The van der Waals surface area contributed by atoms with Crippen LogP contribution in [-0.2, 0) is 6.42 Å². The Morgan fingerprint density at radius 2 is 2.05 bits per heavy atom. The summed E-state index contributed by atoms with van der Waals surface area (Å²) in [5.74, 6) is 0.931. The summed E-state index contributed by atoms with van der Waals surface area (Å²) < 4.78 is 5.54. The molecule has 0 aliphatic rings. The van der Waals surface area contributed by atoms with Crippen molar-refractivity contribution in [3.05, 3.63) is 58.9 Å². The number of aryl methyl sites for hydroxylation is 2. The molecule has 0 spiro atoms. The number of likely N-dealkylation sites (N-methyl/N-ethyl adjacent to an activating group) is 1. The lowest BCUT2D eigenvalue weighted by Gasteiger charge is -2.21. The van der Waals surface area contributed by atoms with Gasteiger partial charge in [-0.3, -0.25) is 4.98 Å².